The van der Waals surface area contributed by atoms with Gasteiger partial charge in [-0.1, -0.05) is 36.4 Å². The van der Waals surface area contributed by atoms with Gasteiger partial charge in [-0.2, -0.15) is 0 Å². The topological polar surface area (TPSA) is 110 Å². The highest BCUT2D eigenvalue weighted by Crippen LogP contribution is 2.14. The lowest BCUT2D eigenvalue weighted by molar-refractivity contribution is -0.143. The van der Waals surface area contributed by atoms with Gasteiger partial charge in [0.15, 0.2) is 6.61 Å². The van der Waals surface area contributed by atoms with E-state index in [2.05, 4.69) is 4.72 Å². The number of carbonyl (C=O) groups is 3. The second-order valence-electron chi connectivity index (χ2n) is 6.46. The summed E-state index contributed by atoms with van der Waals surface area (Å²) in [6, 6.07) is 14.4. The van der Waals surface area contributed by atoms with Crippen LogP contribution in [0.15, 0.2) is 59.5 Å². The Morgan fingerprint density at radius 1 is 1.07 bits per heavy atom. The van der Waals surface area contributed by atoms with E-state index >= 15 is 0 Å². The van der Waals surface area contributed by atoms with Crippen LogP contribution in [0.25, 0.3) is 0 Å². The number of hydrogen-bond acceptors (Lipinski definition) is 6. The first-order chi connectivity index (χ1) is 13.9. The highest BCUT2D eigenvalue weighted by Gasteiger charge is 2.27. The molecule has 1 saturated heterocycles. The summed E-state index contributed by atoms with van der Waals surface area (Å²) in [7, 11) is -3.84. The molecule has 29 heavy (non-hydrogen) atoms. The first-order valence-electron chi connectivity index (χ1n) is 9.01. The Hall–Kier alpha value is -3.04. The third-order valence-electron chi connectivity index (χ3n) is 4.39. The van der Waals surface area contributed by atoms with Gasteiger partial charge in [0.2, 0.25) is 15.9 Å². The van der Waals surface area contributed by atoms with E-state index in [9.17, 15) is 22.8 Å². The van der Waals surface area contributed by atoms with Crippen LogP contribution in [0.5, 0.6) is 0 Å². The number of esters is 1. The van der Waals surface area contributed by atoms with Gasteiger partial charge in [0.05, 0.1) is 10.5 Å². The number of imide groups is 1. The minimum atomic E-state index is -3.84. The van der Waals surface area contributed by atoms with Crippen LogP contribution in [0.3, 0.4) is 0 Å². The van der Waals surface area contributed by atoms with Gasteiger partial charge in [0, 0.05) is 19.5 Å². The number of sulfonamides is 1. The summed E-state index contributed by atoms with van der Waals surface area (Å²) >= 11 is 0. The summed E-state index contributed by atoms with van der Waals surface area (Å²) in [6.07, 6.45) is 0.893. The van der Waals surface area contributed by atoms with Crippen LogP contribution in [0.1, 0.15) is 28.8 Å². The second-order valence-corrected chi connectivity index (χ2v) is 8.22. The predicted octanol–water partition coefficient (Wildman–Crippen LogP) is 1.47. The summed E-state index contributed by atoms with van der Waals surface area (Å²) < 4.78 is 32.4. The maximum Gasteiger partial charge on any atom is 0.338 e. The number of benzene rings is 2. The fourth-order valence-electron chi connectivity index (χ4n) is 2.85. The van der Waals surface area contributed by atoms with Crippen LogP contribution >= 0.6 is 0 Å². The van der Waals surface area contributed by atoms with Crippen molar-refractivity contribution in [3.05, 3.63) is 65.7 Å². The molecule has 0 radical (unpaired) electrons. The van der Waals surface area contributed by atoms with E-state index in [0.29, 0.717) is 19.4 Å². The van der Waals surface area contributed by atoms with Gasteiger partial charge in [0.25, 0.3) is 5.91 Å². The maximum atomic E-state index is 12.5. The molecule has 3 rings (SSSR count). The molecule has 8 nitrogen and oxygen atoms in total. The molecule has 0 atom stereocenters. The summed E-state index contributed by atoms with van der Waals surface area (Å²) in [5.74, 6) is -1.72. The third kappa shape index (κ3) is 5.27. The average Bonchev–Trinajstić information content (AvgIpc) is 3.17. The normalized spacial score (nSPS) is 14.1. The summed E-state index contributed by atoms with van der Waals surface area (Å²) in [4.78, 5) is 36.7. The molecule has 0 bridgehead atoms. The van der Waals surface area contributed by atoms with Gasteiger partial charge < -0.3 is 4.74 Å². The van der Waals surface area contributed by atoms with Gasteiger partial charge >= 0.3 is 5.97 Å². The Morgan fingerprint density at radius 2 is 1.83 bits per heavy atom. The van der Waals surface area contributed by atoms with Crippen molar-refractivity contribution in [3.8, 4) is 0 Å². The molecule has 0 unspecified atom stereocenters. The van der Waals surface area contributed by atoms with Crippen molar-refractivity contribution in [1.29, 1.82) is 0 Å². The zero-order chi connectivity index (χ0) is 20.9. The first-order valence-corrected chi connectivity index (χ1v) is 10.5. The Labute approximate surface area is 168 Å². The zero-order valence-corrected chi connectivity index (χ0v) is 16.4. The molecule has 0 aliphatic carbocycles. The van der Waals surface area contributed by atoms with Crippen LogP contribution in [0.2, 0.25) is 0 Å². The molecule has 152 valence electrons. The largest absolute Gasteiger partial charge is 0.452 e. The Balaban J connectivity index is 1.62. The molecule has 0 saturated carbocycles. The van der Waals surface area contributed by atoms with Crippen LogP contribution < -0.4 is 4.72 Å². The quantitative estimate of drug-likeness (QED) is 0.685. The monoisotopic (exact) mass is 416 g/mol. The van der Waals surface area contributed by atoms with Crippen molar-refractivity contribution in [2.75, 3.05) is 13.2 Å². The standard InChI is InChI=1S/C20H20N2O6S/c23-18-10-5-11-22(18)19(24)14-28-20(25)16-8-4-9-17(12-16)29(26,27)21-13-15-6-2-1-3-7-15/h1-4,6-9,12,21H,5,10-11,13-14H2. The molecule has 0 aromatic heterocycles. The third-order valence-corrected chi connectivity index (χ3v) is 5.79. The number of hydrogen-bond donors (Lipinski definition) is 1. The number of rotatable bonds is 7. The molecule has 9 heteroatoms. The van der Waals surface area contributed by atoms with Crippen LogP contribution in [-0.2, 0) is 30.9 Å². The molecule has 1 heterocycles. The molecule has 1 aliphatic rings. The van der Waals surface area contributed by atoms with Crippen molar-refractivity contribution in [2.45, 2.75) is 24.3 Å². The van der Waals surface area contributed by atoms with E-state index in [1.807, 2.05) is 6.07 Å². The van der Waals surface area contributed by atoms with E-state index in [1.165, 1.54) is 24.3 Å². The molecule has 0 spiro atoms. The second kappa shape index (κ2) is 8.97. The highest BCUT2D eigenvalue weighted by atomic mass is 32.2. The van der Waals surface area contributed by atoms with Gasteiger partial charge in [-0.25, -0.2) is 17.9 Å². The van der Waals surface area contributed by atoms with E-state index < -0.39 is 28.5 Å². The summed E-state index contributed by atoms with van der Waals surface area (Å²) in [6.45, 7) is -0.153. The smallest absolute Gasteiger partial charge is 0.338 e. The van der Waals surface area contributed by atoms with Crippen molar-refractivity contribution >= 4 is 27.8 Å². The maximum absolute atomic E-state index is 12.5. The van der Waals surface area contributed by atoms with E-state index in [0.717, 1.165) is 10.5 Å². The lowest BCUT2D eigenvalue weighted by atomic mass is 10.2. The predicted molar refractivity (Wildman–Crippen MR) is 103 cm³/mol. The zero-order valence-electron chi connectivity index (χ0n) is 15.5. The lowest BCUT2D eigenvalue weighted by Gasteiger charge is -2.13. The number of carbonyl (C=O) groups excluding carboxylic acids is 3. The molecular weight excluding hydrogens is 396 g/mol. The Kier molecular flexibility index (Phi) is 6.40. The molecule has 2 amide bonds. The van der Waals surface area contributed by atoms with E-state index in [1.54, 1.807) is 24.3 Å². The number of amides is 2. The number of nitrogens with zero attached hydrogens (tertiary/aromatic N) is 1. The number of likely N-dealkylation sites (tertiary alicyclic amines) is 1. The molecule has 1 fully saturated rings. The fourth-order valence-corrected chi connectivity index (χ4v) is 3.91. The van der Waals surface area contributed by atoms with E-state index in [4.69, 9.17) is 4.74 Å². The molecule has 2 aromatic carbocycles. The highest BCUT2D eigenvalue weighted by molar-refractivity contribution is 7.89. The first kappa shape index (κ1) is 20.7. The van der Waals surface area contributed by atoms with Crippen molar-refractivity contribution in [3.63, 3.8) is 0 Å². The van der Waals surface area contributed by atoms with Crippen LogP contribution in [-0.4, -0.2) is 44.3 Å². The number of nitrogens with one attached hydrogen (secondary N) is 1. The van der Waals surface area contributed by atoms with Crippen molar-refractivity contribution in [2.24, 2.45) is 0 Å². The van der Waals surface area contributed by atoms with Crippen LogP contribution in [0, 0.1) is 0 Å². The fraction of sp³-hybridized carbons (Fsp3) is 0.250. The molecular formula is C20H20N2O6S. The van der Waals surface area contributed by atoms with Gasteiger partial charge in [0.1, 0.15) is 0 Å². The van der Waals surface area contributed by atoms with Gasteiger partial charge in [-0.15, -0.1) is 0 Å². The van der Waals surface area contributed by atoms with E-state index in [-0.39, 0.29) is 22.9 Å². The summed E-state index contributed by atoms with van der Waals surface area (Å²) in [5, 5.41) is 0. The number of ether oxygens (including phenoxy) is 1. The lowest BCUT2D eigenvalue weighted by Crippen LogP contribution is -2.35. The van der Waals surface area contributed by atoms with Crippen LogP contribution in [0.4, 0.5) is 0 Å². The SMILES string of the molecule is O=C(OCC(=O)N1CCCC1=O)c1cccc(S(=O)(=O)NCc2ccccc2)c1. The Bertz CT molecular complexity index is 1020. The minimum Gasteiger partial charge on any atom is -0.452 e. The van der Waals surface area contributed by atoms with Gasteiger partial charge in [-0.05, 0) is 30.2 Å². The minimum absolute atomic E-state index is 0.00636. The molecule has 1 aliphatic heterocycles. The average molecular weight is 416 g/mol. The van der Waals surface area contributed by atoms with Crippen molar-refractivity contribution in [1.82, 2.24) is 9.62 Å². The van der Waals surface area contributed by atoms with Crippen molar-refractivity contribution < 1.29 is 27.5 Å². The molecule has 1 N–H and O–H groups in total. The Morgan fingerprint density at radius 3 is 2.52 bits per heavy atom. The molecule has 2 aromatic rings. The summed E-state index contributed by atoms with van der Waals surface area (Å²) in [5.41, 5.74) is 0.787. The van der Waals surface area contributed by atoms with Gasteiger partial charge in [-0.3, -0.25) is 14.5 Å².